The van der Waals surface area contributed by atoms with Gasteiger partial charge in [0.05, 0.1) is 7.11 Å². The lowest BCUT2D eigenvalue weighted by atomic mass is 9.79. The van der Waals surface area contributed by atoms with Crippen LogP contribution in [-0.4, -0.2) is 7.11 Å². The first kappa shape index (κ1) is 19.9. The Bertz CT molecular complexity index is 892. The average Bonchev–Trinajstić information content (AvgIpc) is 2.69. The van der Waals surface area contributed by atoms with Crippen molar-refractivity contribution in [2.75, 3.05) is 7.11 Å². The maximum absolute atomic E-state index is 5.97. The van der Waals surface area contributed by atoms with Gasteiger partial charge in [0.2, 0.25) is 0 Å². The Morgan fingerprint density at radius 3 is 1.79 bits per heavy atom. The zero-order chi connectivity index (χ0) is 20.1. The quantitative estimate of drug-likeness (QED) is 0.431. The molecule has 0 amide bonds. The van der Waals surface area contributed by atoms with E-state index in [1.165, 1.54) is 22.3 Å². The van der Waals surface area contributed by atoms with Crippen LogP contribution in [0.5, 0.6) is 5.75 Å². The van der Waals surface area contributed by atoms with Crippen molar-refractivity contribution in [2.45, 2.75) is 39.0 Å². The summed E-state index contributed by atoms with van der Waals surface area (Å²) >= 11 is 0. The van der Waals surface area contributed by atoms with Crippen molar-refractivity contribution in [3.63, 3.8) is 0 Å². The molecule has 28 heavy (non-hydrogen) atoms. The van der Waals surface area contributed by atoms with Crippen LogP contribution in [0.1, 0.15) is 61.4 Å². The molecule has 3 rings (SSSR count). The van der Waals surface area contributed by atoms with Gasteiger partial charge in [-0.25, -0.2) is 0 Å². The van der Waals surface area contributed by atoms with Gasteiger partial charge >= 0.3 is 0 Å². The lowest BCUT2D eigenvalue weighted by Gasteiger charge is -2.27. The van der Waals surface area contributed by atoms with E-state index in [4.69, 9.17) is 4.74 Å². The van der Waals surface area contributed by atoms with Crippen LogP contribution in [0.15, 0.2) is 78.9 Å². The van der Waals surface area contributed by atoms with Crippen molar-refractivity contribution in [1.29, 1.82) is 0 Å². The van der Waals surface area contributed by atoms with Gasteiger partial charge in [0.1, 0.15) is 5.75 Å². The molecule has 0 atom stereocenters. The van der Waals surface area contributed by atoms with Gasteiger partial charge in [-0.3, -0.25) is 0 Å². The van der Waals surface area contributed by atoms with Crippen molar-refractivity contribution >= 4 is 6.08 Å². The zero-order valence-corrected chi connectivity index (χ0v) is 17.6. The highest BCUT2D eigenvalue weighted by atomic mass is 16.5. The molecule has 1 nitrogen and oxygen atoms in total. The predicted octanol–water partition coefficient (Wildman–Crippen LogP) is 7.21. The van der Waals surface area contributed by atoms with E-state index in [2.05, 4.69) is 113 Å². The van der Waals surface area contributed by atoms with Gasteiger partial charge in [-0.1, -0.05) is 99.7 Å². The molecule has 0 heterocycles. The maximum Gasteiger partial charge on any atom is 0.130 e. The molecule has 0 saturated heterocycles. The van der Waals surface area contributed by atoms with E-state index in [9.17, 15) is 0 Å². The Kier molecular flexibility index (Phi) is 6.04. The minimum absolute atomic E-state index is 0.0509. The summed E-state index contributed by atoms with van der Waals surface area (Å²) in [6.07, 6.45) is 4.22. The van der Waals surface area contributed by atoms with Crippen molar-refractivity contribution in [1.82, 2.24) is 0 Å². The molecular weight excluding hydrogens is 340 g/mol. The number of methoxy groups -OCH3 is 1. The van der Waals surface area contributed by atoms with Crippen LogP contribution in [0.4, 0.5) is 0 Å². The summed E-state index contributed by atoms with van der Waals surface area (Å²) in [6.45, 7) is 8.84. The maximum atomic E-state index is 5.97. The monoisotopic (exact) mass is 370 g/mol. The third-order valence-electron chi connectivity index (χ3n) is 5.14. The van der Waals surface area contributed by atoms with Crippen LogP contribution in [0, 0.1) is 0 Å². The number of hydrogen-bond donors (Lipinski definition) is 0. The minimum Gasteiger partial charge on any atom is -0.496 e. The highest BCUT2D eigenvalue weighted by Gasteiger charge is 2.25. The van der Waals surface area contributed by atoms with E-state index in [0.717, 1.165) is 11.3 Å². The van der Waals surface area contributed by atoms with E-state index in [1.807, 2.05) is 0 Å². The van der Waals surface area contributed by atoms with Crippen LogP contribution >= 0.6 is 0 Å². The predicted molar refractivity (Wildman–Crippen MR) is 120 cm³/mol. The van der Waals surface area contributed by atoms with Gasteiger partial charge in [0.25, 0.3) is 0 Å². The summed E-state index contributed by atoms with van der Waals surface area (Å²) in [4.78, 5) is 0. The summed E-state index contributed by atoms with van der Waals surface area (Å²) in [5.74, 6) is 1.06. The molecule has 0 unspecified atom stereocenters. The molecule has 0 aliphatic rings. The van der Waals surface area contributed by atoms with Crippen molar-refractivity contribution in [3.8, 4) is 5.75 Å². The van der Waals surface area contributed by atoms with E-state index in [1.54, 1.807) is 7.11 Å². The molecule has 144 valence electrons. The molecule has 0 saturated carbocycles. The normalized spacial score (nSPS) is 11.9. The Hall–Kier alpha value is -2.80. The van der Waals surface area contributed by atoms with Gasteiger partial charge in [-0.15, -0.1) is 0 Å². The van der Waals surface area contributed by atoms with Crippen LogP contribution < -0.4 is 4.74 Å². The molecule has 0 aliphatic carbocycles. The second-order valence-electron chi connectivity index (χ2n) is 8.19. The Morgan fingerprint density at radius 1 is 0.821 bits per heavy atom. The number of hydrogen-bond acceptors (Lipinski definition) is 1. The molecule has 0 spiro atoms. The third-order valence-corrected chi connectivity index (χ3v) is 5.14. The van der Waals surface area contributed by atoms with Gasteiger partial charge in [0.15, 0.2) is 0 Å². The molecule has 0 radical (unpaired) electrons. The Labute approximate surface area is 169 Å². The highest BCUT2D eigenvalue weighted by molar-refractivity contribution is 5.65. The molecular formula is C27H30O. The molecule has 0 bridgehead atoms. The fourth-order valence-electron chi connectivity index (χ4n) is 3.70. The van der Waals surface area contributed by atoms with E-state index in [-0.39, 0.29) is 11.3 Å². The number of benzene rings is 3. The van der Waals surface area contributed by atoms with Crippen molar-refractivity contribution in [3.05, 3.63) is 107 Å². The average molecular weight is 371 g/mol. The third kappa shape index (κ3) is 4.20. The lowest BCUT2D eigenvalue weighted by molar-refractivity contribution is 0.407. The molecule has 3 aromatic carbocycles. The minimum atomic E-state index is 0.0509. The van der Waals surface area contributed by atoms with E-state index >= 15 is 0 Å². The molecule has 0 aliphatic heterocycles. The van der Waals surface area contributed by atoms with Gasteiger partial charge in [-0.05, 0) is 35.1 Å². The largest absolute Gasteiger partial charge is 0.496 e. The first-order valence-corrected chi connectivity index (χ1v) is 9.90. The second-order valence-corrected chi connectivity index (χ2v) is 8.19. The Morgan fingerprint density at radius 2 is 1.36 bits per heavy atom. The fraction of sp³-hybridized carbons (Fsp3) is 0.259. The zero-order valence-electron chi connectivity index (χ0n) is 17.6. The van der Waals surface area contributed by atoms with Crippen LogP contribution in [0.3, 0.4) is 0 Å². The van der Waals surface area contributed by atoms with Crippen molar-refractivity contribution < 1.29 is 4.74 Å². The topological polar surface area (TPSA) is 9.23 Å². The summed E-state index contributed by atoms with van der Waals surface area (Å²) < 4.78 is 5.97. The summed E-state index contributed by atoms with van der Waals surface area (Å²) in [7, 11) is 1.77. The van der Waals surface area contributed by atoms with E-state index < -0.39 is 0 Å². The SMILES string of the molecule is CC=Cc1cc(C(C)(C)C)cc(C(c2ccccc2)c2ccccc2)c1OC. The second kappa shape index (κ2) is 8.48. The standard InChI is InChI=1S/C27H30O/c1-6-13-22-18-23(27(2,3)4)19-24(26(22)28-5)25(20-14-9-7-10-15-20)21-16-11-8-12-17-21/h6-19,25H,1-5H3. The summed E-state index contributed by atoms with van der Waals surface area (Å²) in [6, 6.07) is 26.0. The first-order valence-electron chi connectivity index (χ1n) is 9.90. The van der Waals surface area contributed by atoms with Crippen LogP contribution in [0.25, 0.3) is 6.08 Å². The van der Waals surface area contributed by atoms with Gasteiger partial charge in [0, 0.05) is 17.0 Å². The van der Waals surface area contributed by atoms with Gasteiger partial charge < -0.3 is 4.74 Å². The summed E-state index contributed by atoms with van der Waals surface area (Å²) in [5.41, 5.74) is 6.24. The molecule has 0 fully saturated rings. The molecule has 0 aromatic heterocycles. The number of allylic oxidation sites excluding steroid dienone is 1. The smallest absolute Gasteiger partial charge is 0.130 e. The molecule has 3 aromatic rings. The van der Waals surface area contributed by atoms with Crippen LogP contribution in [0.2, 0.25) is 0 Å². The van der Waals surface area contributed by atoms with Gasteiger partial charge in [-0.2, -0.15) is 0 Å². The highest BCUT2D eigenvalue weighted by Crippen LogP contribution is 2.42. The summed E-state index contributed by atoms with van der Waals surface area (Å²) in [5, 5.41) is 0. The Balaban J connectivity index is 2.34. The van der Waals surface area contributed by atoms with E-state index in [0.29, 0.717) is 0 Å². The first-order chi connectivity index (χ1) is 13.5. The molecule has 0 N–H and O–H groups in total. The van der Waals surface area contributed by atoms with Crippen molar-refractivity contribution in [2.24, 2.45) is 0 Å². The molecule has 1 heteroatoms. The van der Waals surface area contributed by atoms with Crippen LogP contribution in [-0.2, 0) is 5.41 Å². The number of ether oxygens (including phenoxy) is 1. The lowest BCUT2D eigenvalue weighted by Crippen LogP contribution is -2.14. The number of rotatable bonds is 5. The fourth-order valence-corrected chi connectivity index (χ4v) is 3.70.